The van der Waals surface area contributed by atoms with Crippen molar-refractivity contribution in [3.05, 3.63) is 54.3 Å². The third-order valence-corrected chi connectivity index (χ3v) is 2.63. The number of allylic oxidation sites excluding steroid dienone is 1. The minimum atomic E-state index is -0.389. The lowest BCUT2D eigenvalue weighted by Crippen LogP contribution is -2.02. The lowest BCUT2D eigenvalue weighted by atomic mass is 10.1. The highest BCUT2D eigenvalue weighted by Gasteiger charge is 2.04. The monoisotopic (exact) mass is 256 g/mol. The molecule has 0 radical (unpaired) electrons. The van der Waals surface area contributed by atoms with Crippen LogP contribution in [0.1, 0.15) is 13.8 Å². The first-order chi connectivity index (χ1) is 9.20. The Morgan fingerprint density at radius 1 is 1.16 bits per heavy atom. The molecule has 0 fully saturated rings. The lowest BCUT2D eigenvalue weighted by molar-refractivity contribution is -0.137. The van der Waals surface area contributed by atoms with Crippen molar-refractivity contribution in [1.29, 1.82) is 0 Å². The predicted molar refractivity (Wildman–Crippen MR) is 75.0 cm³/mol. The van der Waals surface area contributed by atoms with Gasteiger partial charge in [-0.15, -0.1) is 0 Å². The van der Waals surface area contributed by atoms with Crippen LogP contribution in [0.2, 0.25) is 0 Å². The predicted octanol–water partition coefficient (Wildman–Crippen LogP) is 3.69. The zero-order chi connectivity index (χ0) is 13.7. The van der Waals surface area contributed by atoms with E-state index in [-0.39, 0.29) is 5.97 Å². The summed E-state index contributed by atoms with van der Waals surface area (Å²) < 4.78 is 10.5. The third-order valence-electron chi connectivity index (χ3n) is 2.63. The Bertz CT molecular complexity index is 609. The standard InChI is InChI=1S/C16H16O3/c1-3-18-16(17)11-12(2)19-15-10-6-8-13-7-4-5-9-14(13)15/h4-11H,3H2,1-2H3/b12-11-. The highest BCUT2D eigenvalue weighted by atomic mass is 16.5. The number of esters is 1. The highest BCUT2D eigenvalue weighted by molar-refractivity contribution is 5.88. The number of ether oxygens (including phenoxy) is 2. The van der Waals surface area contributed by atoms with Gasteiger partial charge in [-0.05, 0) is 25.3 Å². The van der Waals surface area contributed by atoms with Crippen LogP contribution in [0.3, 0.4) is 0 Å². The molecule has 2 rings (SSSR count). The van der Waals surface area contributed by atoms with Crippen LogP contribution in [-0.2, 0) is 9.53 Å². The maximum absolute atomic E-state index is 11.3. The number of hydrogen-bond donors (Lipinski definition) is 0. The van der Waals surface area contributed by atoms with E-state index in [0.29, 0.717) is 12.4 Å². The largest absolute Gasteiger partial charge is 0.463 e. The Labute approximate surface area is 112 Å². The van der Waals surface area contributed by atoms with Crippen LogP contribution in [0.4, 0.5) is 0 Å². The molecule has 19 heavy (non-hydrogen) atoms. The van der Waals surface area contributed by atoms with Gasteiger partial charge in [-0.1, -0.05) is 36.4 Å². The number of rotatable bonds is 4. The third kappa shape index (κ3) is 3.35. The van der Waals surface area contributed by atoms with Gasteiger partial charge in [0.15, 0.2) is 0 Å². The van der Waals surface area contributed by atoms with Gasteiger partial charge < -0.3 is 9.47 Å². The van der Waals surface area contributed by atoms with Crippen molar-refractivity contribution in [2.24, 2.45) is 0 Å². The van der Waals surface area contributed by atoms with Crippen LogP contribution in [0, 0.1) is 0 Å². The molecule has 0 aliphatic carbocycles. The van der Waals surface area contributed by atoms with Gasteiger partial charge in [-0.2, -0.15) is 0 Å². The van der Waals surface area contributed by atoms with E-state index in [1.807, 2.05) is 42.5 Å². The van der Waals surface area contributed by atoms with Gasteiger partial charge in [0, 0.05) is 5.39 Å². The number of carbonyl (C=O) groups excluding carboxylic acids is 1. The second-order valence-corrected chi connectivity index (χ2v) is 4.09. The van der Waals surface area contributed by atoms with E-state index >= 15 is 0 Å². The van der Waals surface area contributed by atoms with Crippen LogP contribution >= 0.6 is 0 Å². The van der Waals surface area contributed by atoms with E-state index < -0.39 is 0 Å². The second kappa shape index (κ2) is 6.05. The van der Waals surface area contributed by atoms with Crippen LogP contribution in [-0.4, -0.2) is 12.6 Å². The van der Waals surface area contributed by atoms with Crippen molar-refractivity contribution in [2.75, 3.05) is 6.61 Å². The molecule has 0 aliphatic heterocycles. The Hall–Kier alpha value is -2.29. The van der Waals surface area contributed by atoms with Gasteiger partial charge in [0.1, 0.15) is 11.5 Å². The molecule has 0 heterocycles. The summed E-state index contributed by atoms with van der Waals surface area (Å²) >= 11 is 0. The first-order valence-corrected chi connectivity index (χ1v) is 6.21. The maximum Gasteiger partial charge on any atom is 0.334 e. The summed E-state index contributed by atoms with van der Waals surface area (Å²) in [5.74, 6) is 0.853. The molecule has 3 nitrogen and oxygen atoms in total. The average Bonchev–Trinajstić information content (AvgIpc) is 2.39. The summed E-state index contributed by atoms with van der Waals surface area (Å²) in [7, 11) is 0. The van der Waals surface area contributed by atoms with E-state index in [4.69, 9.17) is 9.47 Å². The van der Waals surface area contributed by atoms with Crippen molar-refractivity contribution in [3.63, 3.8) is 0 Å². The Morgan fingerprint density at radius 3 is 2.68 bits per heavy atom. The smallest absolute Gasteiger partial charge is 0.334 e. The maximum atomic E-state index is 11.3. The molecule has 2 aromatic carbocycles. The first-order valence-electron chi connectivity index (χ1n) is 6.21. The van der Waals surface area contributed by atoms with Crippen molar-refractivity contribution < 1.29 is 14.3 Å². The molecule has 0 aliphatic rings. The second-order valence-electron chi connectivity index (χ2n) is 4.09. The van der Waals surface area contributed by atoms with Gasteiger partial charge in [-0.3, -0.25) is 0 Å². The SMILES string of the molecule is CCOC(=O)/C=C(/C)Oc1cccc2ccccc12. The summed E-state index contributed by atoms with van der Waals surface area (Å²) in [6.07, 6.45) is 1.35. The molecule has 0 saturated heterocycles. The zero-order valence-corrected chi connectivity index (χ0v) is 11.1. The minimum Gasteiger partial charge on any atom is -0.463 e. The summed E-state index contributed by atoms with van der Waals surface area (Å²) in [4.78, 5) is 11.3. The zero-order valence-electron chi connectivity index (χ0n) is 11.1. The average molecular weight is 256 g/mol. The van der Waals surface area contributed by atoms with E-state index in [1.54, 1.807) is 13.8 Å². The number of carbonyl (C=O) groups is 1. The van der Waals surface area contributed by atoms with E-state index in [2.05, 4.69) is 0 Å². The van der Waals surface area contributed by atoms with E-state index in [9.17, 15) is 4.79 Å². The molecule has 0 aromatic heterocycles. The summed E-state index contributed by atoms with van der Waals surface area (Å²) in [5, 5.41) is 2.12. The van der Waals surface area contributed by atoms with Crippen molar-refractivity contribution in [1.82, 2.24) is 0 Å². The van der Waals surface area contributed by atoms with E-state index in [0.717, 1.165) is 16.5 Å². The Kier molecular flexibility index (Phi) is 4.18. The molecular formula is C16H16O3. The van der Waals surface area contributed by atoms with Gasteiger partial charge in [-0.25, -0.2) is 4.79 Å². The fourth-order valence-electron chi connectivity index (χ4n) is 1.84. The first kappa shape index (κ1) is 13.1. The van der Waals surface area contributed by atoms with Crippen molar-refractivity contribution in [2.45, 2.75) is 13.8 Å². The molecule has 2 aromatic rings. The lowest BCUT2D eigenvalue weighted by Gasteiger charge is -2.09. The van der Waals surface area contributed by atoms with Gasteiger partial charge in [0.05, 0.1) is 12.7 Å². The molecule has 0 saturated carbocycles. The van der Waals surface area contributed by atoms with Crippen molar-refractivity contribution >= 4 is 16.7 Å². The Morgan fingerprint density at radius 2 is 1.89 bits per heavy atom. The molecule has 0 amide bonds. The fraction of sp³-hybridized carbons (Fsp3) is 0.188. The summed E-state index contributed by atoms with van der Waals surface area (Å²) in [6.45, 7) is 3.86. The normalized spacial score (nSPS) is 11.4. The molecule has 3 heteroatoms. The molecule has 0 unspecified atom stereocenters. The molecule has 0 atom stereocenters. The molecular weight excluding hydrogens is 240 g/mol. The molecule has 0 bridgehead atoms. The number of benzene rings is 2. The van der Waals surface area contributed by atoms with E-state index in [1.165, 1.54) is 6.08 Å². The minimum absolute atomic E-state index is 0.358. The topological polar surface area (TPSA) is 35.5 Å². The van der Waals surface area contributed by atoms with Crippen LogP contribution in [0.25, 0.3) is 10.8 Å². The van der Waals surface area contributed by atoms with Crippen LogP contribution in [0.15, 0.2) is 54.3 Å². The van der Waals surface area contributed by atoms with Crippen LogP contribution < -0.4 is 4.74 Å². The van der Waals surface area contributed by atoms with Crippen molar-refractivity contribution in [3.8, 4) is 5.75 Å². The quantitative estimate of drug-likeness (QED) is 0.475. The van der Waals surface area contributed by atoms with Crippen LogP contribution in [0.5, 0.6) is 5.75 Å². The van der Waals surface area contributed by atoms with Gasteiger partial charge in [0.2, 0.25) is 0 Å². The van der Waals surface area contributed by atoms with Gasteiger partial charge >= 0.3 is 5.97 Å². The number of fused-ring (bicyclic) bond motifs is 1. The summed E-state index contributed by atoms with van der Waals surface area (Å²) in [5.41, 5.74) is 0. The Balaban J connectivity index is 2.24. The number of hydrogen-bond acceptors (Lipinski definition) is 3. The fourth-order valence-corrected chi connectivity index (χ4v) is 1.84. The molecule has 98 valence electrons. The molecule has 0 N–H and O–H groups in total. The highest BCUT2D eigenvalue weighted by Crippen LogP contribution is 2.26. The molecule has 0 spiro atoms. The van der Waals surface area contributed by atoms with Gasteiger partial charge in [0.25, 0.3) is 0 Å². The summed E-state index contributed by atoms with van der Waals surface area (Å²) in [6, 6.07) is 13.8.